The number of rotatable bonds is 4. The average molecular weight is 168 g/mol. The topological polar surface area (TPSA) is 52.0 Å². The van der Waals surface area contributed by atoms with E-state index in [1.54, 1.807) is 12.1 Å². The molecule has 1 fully saturated rings. The molecule has 2 rings (SSSR count). The molecule has 1 aromatic rings. The van der Waals surface area contributed by atoms with E-state index >= 15 is 0 Å². The van der Waals surface area contributed by atoms with Gasteiger partial charge in [-0.3, -0.25) is 4.79 Å². The molecule has 0 saturated carbocycles. The maximum atomic E-state index is 10.2. The van der Waals surface area contributed by atoms with Gasteiger partial charge in [-0.1, -0.05) is 0 Å². The number of epoxide rings is 1. The van der Waals surface area contributed by atoms with Crippen LogP contribution in [-0.4, -0.2) is 19.2 Å². The minimum Gasteiger partial charge on any atom is -0.456 e. The lowest BCUT2D eigenvalue weighted by molar-refractivity contribution is 0.0293. The van der Waals surface area contributed by atoms with Gasteiger partial charge in [0, 0.05) is 0 Å². The highest BCUT2D eigenvalue weighted by molar-refractivity contribution is 5.70. The summed E-state index contributed by atoms with van der Waals surface area (Å²) in [7, 11) is 0. The highest BCUT2D eigenvalue weighted by Crippen LogP contribution is 2.14. The van der Waals surface area contributed by atoms with E-state index in [0.717, 1.165) is 0 Å². The van der Waals surface area contributed by atoms with Gasteiger partial charge in [0.2, 0.25) is 0 Å². The molecule has 1 aliphatic heterocycles. The van der Waals surface area contributed by atoms with Crippen LogP contribution in [0.5, 0.6) is 0 Å². The summed E-state index contributed by atoms with van der Waals surface area (Å²) < 4.78 is 15.1. The molecule has 0 aromatic carbocycles. The first-order valence-corrected chi connectivity index (χ1v) is 3.65. The molecule has 1 saturated heterocycles. The summed E-state index contributed by atoms with van der Waals surface area (Å²) in [4.78, 5) is 10.2. The van der Waals surface area contributed by atoms with Crippen LogP contribution in [0.15, 0.2) is 16.5 Å². The van der Waals surface area contributed by atoms with Crippen molar-refractivity contribution >= 4 is 6.29 Å². The lowest BCUT2D eigenvalue weighted by Gasteiger charge is -1.94. The van der Waals surface area contributed by atoms with Gasteiger partial charge in [-0.25, -0.2) is 0 Å². The third kappa shape index (κ3) is 1.72. The van der Waals surface area contributed by atoms with E-state index in [4.69, 9.17) is 13.9 Å². The standard InChI is InChI=1S/C8H8O4/c9-3-6-1-2-7(12-6)4-10-8-5-11-8/h1-3,8H,4-5H2. The van der Waals surface area contributed by atoms with Crippen LogP contribution in [-0.2, 0) is 16.1 Å². The van der Waals surface area contributed by atoms with E-state index in [-0.39, 0.29) is 6.29 Å². The summed E-state index contributed by atoms with van der Waals surface area (Å²) in [6.07, 6.45) is 0.590. The average Bonchev–Trinajstić information content (AvgIpc) is 2.81. The Kier molecular flexibility index (Phi) is 1.93. The maximum absolute atomic E-state index is 10.2. The monoisotopic (exact) mass is 168 g/mol. The molecule has 0 N–H and O–H groups in total. The molecule has 1 aliphatic rings. The molecule has 1 atom stereocenters. The minimum atomic E-state index is -0.0743. The van der Waals surface area contributed by atoms with Gasteiger partial charge in [-0.15, -0.1) is 0 Å². The number of ether oxygens (including phenoxy) is 2. The normalized spacial score (nSPS) is 20.8. The van der Waals surface area contributed by atoms with Crippen LogP contribution >= 0.6 is 0 Å². The first kappa shape index (κ1) is 7.52. The van der Waals surface area contributed by atoms with Crippen molar-refractivity contribution in [2.24, 2.45) is 0 Å². The number of aldehydes is 1. The Labute approximate surface area is 69.1 Å². The highest BCUT2D eigenvalue weighted by Gasteiger charge is 2.23. The van der Waals surface area contributed by atoms with E-state index in [0.29, 0.717) is 31.0 Å². The summed E-state index contributed by atoms with van der Waals surface area (Å²) >= 11 is 0. The number of hydrogen-bond donors (Lipinski definition) is 0. The molecule has 0 radical (unpaired) electrons. The van der Waals surface area contributed by atoms with Crippen LogP contribution in [0.1, 0.15) is 16.3 Å². The van der Waals surface area contributed by atoms with Gasteiger partial charge in [0.1, 0.15) is 19.0 Å². The zero-order valence-corrected chi connectivity index (χ0v) is 6.36. The summed E-state index contributed by atoms with van der Waals surface area (Å²) in [6.45, 7) is 1.01. The summed E-state index contributed by atoms with van der Waals surface area (Å²) in [6, 6.07) is 3.32. The van der Waals surface area contributed by atoms with Crippen LogP contribution in [0.4, 0.5) is 0 Å². The van der Waals surface area contributed by atoms with Gasteiger partial charge in [-0.2, -0.15) is 0 Å². The molecular weight excluding hydrogens is 160 g/mol. The van der Waals surface area contributed by atoms with E-state index in [1.807, 2.05) is 0 Å². The first-order valence-electron chi connectivity index (χ1n) is 3.65. The second kappa shape index (κ2) is 3.08. The Morgan fingerprint density at radius 3 is 3.08 bits per heavy atom. The van der Waals surface area contributed by atoms with Gasteiger partial charge < -0.3 is 13.9 Å². The number of carbonyl (C=O) groups excluding carboxylic acids is 1. The fourth-order valence-corrected chi connectivity index (χ4v) is 0.846. The molecule has 2 heterocycles. The second-order valence-electron chi connectivity index (χ2n) is 2.50. The summed E-state index contributed by atoms with van der Waals surface area (Å²) in [5.74, 6) is 0.970. The van der Waals surface area contributed by atoms with Crippen LogP contribution in [0.2, 0.25) is 0 Å². The van der Waals surface area contributed by atoms with Gasteiger partial charge in [0.15, 0.2) is 18.3 Å². The van der Waals surface area contributed by atoms with Crippen LogP contribution < -0.4 is 0 Å². The van der Waals surface area contributed by atoms with Crippen molar-refractivity contribution in [2.45, 2.75) is 12.9 Å². The van der Waals surface area contributed by atoms with E-state index in [2.05, 4.69) is 0 Å². The number of furan rings is 1. The lowest BCUT2D eigenvalue weighted by Crippen LogP contribution is -1.93. The van der Waals surface area contributed by atoms with Crippen molar-refractivity contribution in [1.82, 2.24) is 0 Å². The van der Waals surface area contributed by atoms with E-state index < -0.39 is 0 Å². The first-order chi connectivity index (χ1) is 5.88. The van der Waals surface area contributed by atoms with Crippen molar-refractivity contribution in [2.75, 3.05) is 6.61 Å². The predicted octanol–water partition coefficient (Wildman–Crippen LogP) is 0.965. The van der Waals surface area contributed by atoms with Gasteiger partial charge in [0.05, 0.1) is 0 Å². The SMILES string of the molecule is O=Cc1ccc(COC2CO2)o1. The van der Waals surface area contributed by atoms with Gasteiger partial charge in [0.25, 0.3) is 0 Å². The highest BCUT2D eigenvalue weighted by atomic mass is 16.8. The second-order valence-corrected chi connectivity index (χ2v) is 2.50. The van der Waals surface area contributed by atoms with Crippen molar-refractivity contribution < 1.29 is 18.7 Å². The Balaban J connectivity index is 1.88. The minimum absolute atomic E-state index is 0.0743. The zero-order chi connectivity index (χ0) is 8.39. The third-order valence-electron chi connectivity index (χ3n) is 1.51. The van der Waals surface area contributed by atoms with Crippen molar-refractivity contribution in [3.8, 4) is 0 Å². The summed E-state index contributed by atoms with van der Waals surface area (Å²) in [5.41, 5.74) is 0. The number of carbonyl (C=O) groups is 1. The van der Waals surface area contributed by atoms with E-state index in [9.17, 15) is 4.79 Å². The molecule has 4 heteroatoms. The molecule has 1 aromatic heterocycles. The fourth-order valence-electron chi connectivity index (χ4n) is 0.846. The third-order valence-corrected chi connectivity index (χ3v) is 1.51. The molecular formula is C8H8O4. The Bertz CT molecular complexity index is 274. The van der Waals surface area contributed by atoms with Crippen LogP contribution in [0.3, 0.4) is 0 Å². The van der Waals surface area contributed by atoms with Gasteiger partial charge in [-0.05, 0) is 12.1 Å². The maximum Gasteiger partial charge on any atom is 0.185 e. The van der Waals surface area contributed by atoms with Crippen molar-refractivity contribution in [3.63, 3.8) is 0 Å². The van der Waals surface area contributed by atoms with Crippen molar-refractivity contribution in [3.05, 3.63) is 23.7 Å². The molecule has 0 amide bonds. The molecule has 12 heavy (non-hydrogen) atoms. The molecule has 0 spiro atoms. The smallest absolute Gasteiger partial charge is 0.185 e. The largest absolute Gasteiger partial charge is 0.456 e. The lowest BCUT2D eigenvalue weighted by atomic mass is 10.4. The van der Waals surface area contributed by atoms with Crippen LogP contribution in [0.25, 0.3) is 0 Å². The molecule has 4 nitrogen and oxygen atoms in total. The molecule has 0 aliphatic carbocycles. The Morgan fingerprint density at radius 2 is 2.50 bits per heavy atom. The fraction of sp³-hybridized carbons (Fsp3) is 0.375. The predicted molar refractivity (Wildman–Crippen MR) is 38.6 cm³/mol. The van der Waals surface area contributed by atoms with Gasteiger partial charge >= 0.3 is 0 Å². The molecule has 64 valence electrons. The molecule has 1 unspecified atom stereocenters. The zero-order valence-electron chi connectivity index (χ0n) is 6.36. The van der Waals surface area contributed by atoms with E-state index in [1.165, 1.54) is 0 Å². The molecule has 0 bridgehead atoms. The number of hydrogen-bond acceptors (Lipinski definition) is 4. The van der Waals surface area contributed by atoms with Crippen molar-refractivity contribution in [1.29, 1.82) is 0 Å². The quantitative estimate of drug-likeness (QED) is 0.496. The Hall–Kier alpha value is -1.13. The van der Waals surface area contributed by atoms with Crippen LogP contribution in [0, 0.1) is 0 Å². The summed E-state index contributed by atoms with van der Waals surface area (Å²) in [5, 5.41) is 0. The Morgan fingerprint density at radius 1 is 1.67 bits per heavy atom.